The molecule has 7 heteroatoms. The second kappa shape index (κ2) is 8.27. The predicted octanol–water partition coefficient (Wildman–Crippen LogP) is 2.01. The Balaban J connectivity index is 2.48. The highest BCUT2D eigenvalue weighted by atomic mass is 35.5. The third-order valence-electron chi connectivity index (χ3n) is 2.39. The lowest BCUT2D eigenvalue weighted by Crippen LogP contribution is -2.36. The first-order valence-corrected chi connectivity index (χ1v) is 6.55. The highest BCUT2D eigenvalue weighted by Gasteiger charge is 2.07. The summed E-state index contributed by atoms with van der Waals surface area (Å²) >= 11 is 5.88. The minimum atomic E-state index is -0.957. The van der Waals surface area contributed by atoms with Gasteiger partial charge in [-0.25, -0.2) is 4.79 Å². The van der Waals surface area contributed by atoms with E-state index in [0.717, 1.165) is 5.56 Å². The normalized spacial score (nSPS) is 9.90. The van der Waals surface area contributed by atoms with Crippen LogP contribution in [0.25, 0.3) is 0 Å². The second-order valence-electron chi connectivity index (χ2n) is 3.94. The van der Waals surface area contributed by atoms with Crippen molar-refractivity contribution in [3.8, 4) is 5.75 Å². The van der Waals surface area contributed by atoms with E-state index in [2.05, 4.69) is 10.6 Å². The molecular formula is C13H17ClN2O4. The Labute approximate surface area is 122 Å². The Morgan fingerprint density at radius 1 is 1.35 bits per heavy atom. The van der Waals surface area contributed by atoms with Crippen LogP contribution in [0.4, 0.5) is 4.79 Å². The van der Waals surface area contributed by atoms with Crippen molar-refractivity contribution in [2.45, 2.75) is 19.9 Å². The van der Waals surface area contributed by atoms with Gasteiger partial charge in [0.25, 0.3) is 0 Å². The molecule has 0 fully saturated rings. The summed E-state index contributed by atoms with van der Waals surface area (Å²) in [4.78, 5) is 21.8. The Hall–Kier alpha value is -1.95. The van der Waals surface area contributed by atoms with Gasteiger partial charge in [-0.05, 0) is 19.1 Å². The van der Waals surface area contributed by atoms with Gasteiger partial charge < -0.3 is 20.5 Å². The van der Waals surface area contributed by atoms with Crippen molar-refractivity contribution in [1.29, 1.82) is 0 Å². The minimum absolute atomic E-state index is 0.0834. The van der Waals surface area contributed by atoms with Crippen LogP contribution >= 0.6 is 11.6 Å². The number of carboxylic acid groups (broad SMARTS) is 1. The number of carboxylic acids is 1. The summed E-state index contributed by atoms with van der Waals surface area (Å²) in [5, 5.41) is 14.1. The Kier molecular flexibility index (Phi) is 6.66. The first kappa shape index (κ1) is 16.1. The lowest BCUT2D eigenvalue weighted by molar-refractivity contribution is -0.136. The van der Waals surface area contributed by atoms with Crippen LogP contribution in [-0.2, 0) is 11.3 Å². The Bertz CT molecular complexity index is 479. The van der Waals surface area contributed by atoms with E-state index in [0.29, 0.717) is 17.4 Å². The van der Waals surface area contributed by atoms with Crippen LogP contribution < -0.4 is 15.4 Å². The van der Waals surface area contributed by atoms with Gasteiger partial charge in [0.2, 0.25) is 0 Å². The summed E-state index contributed by atoms with van der Waals surface area (Å²) in [6.07, 6.45) is -0.113. The van der Waals surface area contributed by atoms with Crippen LogP contribution in [0.5, 0.6) is 5.75 Å². The van der Waals surface area contributed by atoms with E-state index >= 15 is 0 Å². The zero-order valence-electron chi connectivity index (χ0n) is 11.1. The fraction of sp³-hybridized carbons (Fsp3) is 0.385. The highest BCUT2D eigenvalue weighted by Crippen LogP contribution is 2.23. The number of halogens is 1. The first-order chi connectivity index (χ1) is 9.52. The maximum Gasteiger partial charge on any atom is 0.315 e. The van der Waals surface area contributed by atoms with Gasteiger partial charge in [0.15, 0.2) is 0 Å². The number of amides is 2. The fourth-order valence-electron chi connectivity index (χ4n) is 1.49. The van der Waals surface area contributed by atoms with Gasteiger partial charge in [-0.15, -0.1) is 0 Å². The third-order valence-corrected chi connectivity index (χ3v) is 2.63. The molecule has 20 heavy (non-hydrogen) atoms. The topological polar surface area (TPSA) is 87.7 Å². The zero-order valence-corrected chi connectivity index (χ0v) is 11.9. The van der Waals surface area contributed by atoms with E-state index in [4.69, 9.17) is 21.4 Å². The van der Waals surface area contributed by atoms with Gasteiger partial charge >= 0.3 is 12.0 Å². The molecule has 0 unspecified atom stereocenters. The highest BCUT2D eigenvalue weighted by molar-refractivity contribution is 6.30. The number of nitrogens with one attached hydrogen (secondary N) is 2. The van der Waals surface area contributed by atoms with Crippen molar-refractivity contribution in [1.82, 2.24) is 10.6 Å². The van der Waals surface area contributed by atoms with Crippen molar-refractivity contribution >= 4 is 23.6 Å². The first-order valence-electron chi connectivity index (χ1n) is 6.17. The molecule has 110 valence electrons. The molecule has 0 saturated carbocycles. The molecule has 1 aromatic carbocycles. The Morgan fingerprint density at radius 3 is 2.75 bits per heavy atom. The fourth-order valence-corrected chi connectivity index (χ4v) is 1.65. The van der Waals surface area contributed by atoms with Gasteiger partial charge in [0.1, 0.15) is 5.75 Å². The number of carbonyl (C=O) groups excluding carboxylic acids is 1. The number of urea groups is 1. The van der Waals surface area contributed by atoms with Crippen LogP contribution in [0.1, 0.15) is 18.9 Å². The number of hydrogen-bond acceptors (Lipinski definition) is 3. The molecule has 0 radical (unpaired) electrons. The van der Waals surface area contributed by atoms with Crippen LogP contribution in [0.3, 0.4) is 0 Å². The lowest BCUT2D eigenvalue weighted by atomic mass is 10.2. The number of carbonyl (C=O) groups is 2. The molecule has 6 nitrogen and oxygen atoms in total. The summed E-state index contributed by atoms with van der Waals surface area (Å²) < 4.78 is 5.43. The second-order valence-corrected chi connectivity index (χ2v) is 4.37. The largest absolute Gasteiger partial charge is 0.493 e. The molecule has 1 rings (SSSR count). The molecular weight excluding hydrogens is 284 g/mol. The monoisotopic (exact) mass is 300 g/mol. The van der Waals surface area contributed by atoms with Gasteiger partial charge in [-0.1, -0.05) is 17.7 Å². The quantitative estimate of drug-likeness (QED) is 0.719. The number of hydrogen-bond donors (Lipinski definition) is 3. The summed E-state index contributed by atoms with van der Waals surface area (Å²) in [6, 6.07) is 4.74. The average Bonchev–Trinajstić information content (AvgIpc) is 2.37. The zero-order chi connectivity index (χ0) is 15.0. The number of benzene rings is 1. The maximum absolute atomic E-state index is 11.5. The molecule has 0 atom stereocenters. The lowest BCUT2D eigenvalue weighted by Gasteiger charge is -2.12. The molecule has 3 N–H and O–H groups in total. The molecule has 0 aliphatic rings. The van der Waals surface area contributed by atoms with E-state index in [1.165, 1.54) is 0 Å². The van der Waals surface area contributed by atoms with E-state index in [1.807, 2.05) is 6.92 Å². The minimum Gasteiger partial charge on any atom is -0.493 e. The van der Waals surface area contributed by atoms with Gasteiger partial charge in [-0.3, -0.25) is 4.79 Å². The molecule has 0 aliphatic heterocycles. The molecule has 0 saturated heterocycles. The van der Waals surface area contributed by atoms with Gasteiger partial charge in [0, 0.05) is 23.7 Å². The number of aliphatic carboxylic acids is 1. The van der Waals surface area contributed by atoms with Crippen LogP contribution in [0.2, 0.25) is 5.02 Å². The van der Waals surface area contributed by atoms with Crippen molar-refractivity contribution in [3.05, 3.63) is 28.8 Å². The molecule has 0 heterocycles. The smallest absolute Gasteiger partial charge is 0.315 e. The van der Waals surface area contributed by atoms with Crippen LogP contribution in [0, 0.1) is 0 Å². The number of rotatable bonds is 7. The van der Waals surface area contributed by atoms with Crippen molar-refractivity contribution in [2.75, 3.05) is 13.2 Å². The molecule has 0 spiro atoms. The van der Waals surface area contributed by atoms with E-state index in [9.17, 15) is 9.59 Å². The van der Waals surface area contributed by atoms with Crippen molar-refractivity contribution < 1.29 is 19.4 Å². The van der Waals surface area contributed by atoms with Crippen LogP contribution in [-0.4, -0.2) is 30.3 Å². The van der Waals surface area contributed by atoms with E-state index in [-0.39, 0.29) is 19.5 Å². The van der Waals surface area contributed by atoms with Crippen molar-refractivity contribution in [2.24, 2.45) is 0 Å². The number of ether oxygens (including phenoxy) is 1. The maximum atomic E-state index is 11.5. The van der Waals surface area contributed by atoms with Crippen LogP contribution in [0.15, 0.2) is 18.2 Å². The summed E-state index contributed by atoms with van der Waals surface area (Å²) in [5.74, 6) is -0.340. The average molecular weight is 301 g/mol. The molecule has 0 aliphatic carbocycles. The van der Waals surface area contributed by atoms with Crippen molar-refractivity contribution in [3.63, 3.8) is 0 Å². The summed E-state index contributed by atoms with van der Waals surface area (Å²) in [5.41, 5.74) is 0.796. The molecule has 2 amide bonds. The molecule has 0 bridgehead atoms. The predicted molar refractivity (Wildman–Crippen MR) is 75.1 cm³/mol. The Morgan fingerprint density at radius 2 is 2.10 bits per heavy atom. The molecule has 0 aromatic heterocycles. The van der Waals surface area contributed by atoms with E-state index < -0.39 is 12.0 Å². The summed E-state index contributed by atoms with van der Waals surface area (Å²) in [7, 11) is 0. The standard InChI is InChI=1S/C13H17ClN2O4/c1-2-20-11-7-10(14)4-3-9(11)8-16-13(19)15-6-5-12(17)18/h3-4,7H,2,5-6,8H2,1H3,(H,17,18)(H2,15,16,19). The van der Waals surface area contributed by atoms with Gasteiger partial charge in [0.05, 0.1) is 13.0 Å². The molecule has 1 aromatic rings. The van der Waals surface area contributed by atoms with Gasteiger partial charge in [-0.2, -0.15) is 0 Å². The third kappa shape index (κ3) is 5.79. The summed E-state index contributed by atoms with van der Waals surface area (Å²) in [6.45, 7) is 2.71. The van der Waals surface area contributed by atoms with E-state index in [1.54, 1.807) is 18.2 Å². The SMILES string of the molecule is CCOc1cc(Cl)ccc1CNC(=O)NCCC(=O)O.